The van der Waals surface area contributed by atoms with Gasteiger partial charge >= 0.3 is 0 Å². The van der Waals surface area contributed by atoms with E-state index in [9.17, 15) is 17.2 Å². The summed E-state index contributed by atoms with van der Waals surface area (Å²) in [5.41, 5.74) is 0.563. The van der Waals surface area contributed by atoms with Crippen LogP contribution in [-0.2, 0) is 10.0 Å². The molecule has 4 rings (SSSR count). The third-order valence-electron chi connectivity index (χ3n) is 4.81. The number of nitrogens with zero attached hydrogens (tertiary/aromatic N) is 4. The van der Waals surface area contributed by atoms with E-state index in [4.69, 9.17) is 4.74 Å². The Morgan fingerprint density at radius 3 is 2.60 bits per heavy atom. The molecule has 1 aliphatic rings. The number of anilines is 1. The molecule has 1 N–H and O–H groups in total. The van der Waals surface area contributed by atoms with Crippen molar-refractivity contribution in [3.63, 3.8) is 0 Å². The van der Waals surface area contributed by atoms with E-state index in [2.05, 4.69) is 20.3 Å². The summed E-state index contributed by atoms with van der Waals surface area (Å²) < 4.78 is 56.8. The maximum atomic E-state index is 13.8. The van der Waals surface area contributed by atoms with Crippen LogP contribution in [0.3, 0.4) is 0 Å². The first-order chi connectivity index (χ1) is 14.3. The van der Waals surface area contributed by atoms with Gasteiger partial charge in [-0.1, -0.05) is 0 Å². The molecular weight excluding hydrogens is 416 g/mol. The van der Waals surface area contributed by atoms with Gasteiger partial charge in [0.15, 0.2) is 11.6 Å². The van der Waals surface area contributed by atoms with Crippen molar-refractivity contribution in [2.75, 3.05) is 24.7 Å². The molecule has 8 nitrogen and oxygen atoms in total. The third kappa shape index (κ3) is 4.62. The fourth-order valence-corrected chi connectivity index (χ4v) is 4.10. The number of piperidine rings is 1. The molecule has 2 aromatic heterocycles. The van der Waals surface area contributed by atoms with Gasteiger partial charge in [-0.25, -0.2) is 36.5 Å². The van der Waals surface area contributed by atoms with E-state index in [1.807, 2.05) is 0 Å². The lowest BCUT2D eigenvalue weighted by Gasteiger charge is -2.30. The van der Waals surface area contributed by atoms with Gasteiger partial charge in [0.1, 0.15) is 5.82 Å². The third-order valence-corrected chi connectivity index (χ3v) is 6.11. The van der Waals surface area contributed by atoms with Crippen LogP contribution in [0.1, 0.15) is 12.8 Å². The highest BCUT2D eigenvalue weighted by Gasteiger charge is 2.25. The molecule has 3 aromatic rings. The molecule has 0 amide bonds. The van der Waals surface area contributed by atoms with Gasteiger partial charge in [0, 0.05) is 42.8 Å². The number of aromatic nitrogens is 3. The van der Waals surface area contributed by atoms with Crippen molar-refractivity contribution in [3.05, 3.63) is 48.3 Å². The summed E-state index contributed by atoms with van der Waals surface area (Å²) in [5.74, 6) is -1.11. The predicted octanol–water partition coefficient (Wildman–Crippen LogP) is 2.93. The maximum Gasteiger partial charge on any atom is 0.223 e. The van der Waals surface area contributed by atoms with E-state index in [1.165, 1.54) is 22.8 Å². The van der Waals surface area contributed by atoms with Crippen molar-refractivity contribution in [1.82, 2.24) is 19.3 Å². The summed E-state index contributed by atoms with van der Waals surface area (Å²) in [6, 6.07) is 4.65. The zero-order chi connectivity index (χ0) is 21.3. The number of nitrogens with one attached hydrogen (secondary N) is 1. The van der Waals surface area contributed by atoms with Gasteiger partial charge in [-0.15, -0.1) is 0 Å². The normalized spacial score (nSPS) is 16.0. The summed E-state index contributed by atoms with van der Waals surface area (Å²) in [7, 11) is -3.17. The van der Waals surface area contributed by atoms with E-state index < -0.39 is 21.7 Å². The fraction of sp³-hybridized carbons (Fsp3) is 0.316. The van der Waals surface area contributed by atoms with Crippen LogP contribution in [0.2, 0.25) is 0 Å². The van der Waals surface area contributed by atoms with Crippen molar-refractivity contribution in [3.8, 4) is 11.6 Å². The van der Waals surface area contributed by atoms with Crippen molar-refractivity contribution in [2.45, 2.75) is 18.9 Å². The molecular formula is C19H19F2N5O3S. The molecule has 158 valence electrons. The zero-order valence-corrected chi connectivity index (χ0v) is 16.9. The number of hydrogen-bond donors (Lipinski definition) is 1. The highest BCUT2D eigenvalue weighted by molar-refractivity contribution is 7.88. The summed E-state index contributed by atoms with van der Waals surface area (Å²) in [4.78, 5) is 12.8. The van der Waals surface area contributed by atoms with Gasteiger partial charge in [0.25, 0.3) is 0 Å². The highest BCUT2D eigenvalue weighted by atomic mass is 32.2. The van der Waals surface area contributed by atoms with Gasteiger partial charge in [-0.3, -0.25) is 0 Å². The number of benzene rings is 1. The van der Waals surface area contributed by atoms with Crippen LogP contribution >= 0.6 is 0 Å². The van der Waals surface area contributed by atoms with Gasteiger partial charge in [0.05, 0.1) is 18.0 Å². The Labute approximate surface area is 172 Å². The van der Waals surface area contributed by atoms with E-state index in [0.717, 1.165) is 12.1 Å². The minimum Gasteiger partial charge on any atom is -0.436 e. The second kappa shape index (κ2) is 8.07. The van der Waals surface area contributed by atoms with Gasteiger partial charge in [-0.05, 0) is 25.0 Å². The smallest absolute Gasteiger partial charge is 0.223 e. The van der Waals surface area contributed by atoms with Crippen molar-refractivity contribution < 1.29 is 21.9 Å². The van der Waals surface area contributed by atoms with Crippen LogP contribution in [0.15, 0.2) is 36.7 Å². The lowest BCUT2D eigenvalue weighted by atomic mass is 10.1. The Kier molecular flexibility index (Phi) is 5.48. The number of halogens is 2. The minimum atomic E-state index is -3.17. The average Bonchev–Trinajstić information content (AvgIpc) is 2.70. The van der Waals surface area contributed by atoms with Crippen LogP contribution in [0.25, 0.3) is 10.9 Å². The van der Waals surface area contributed by atoms with Gasteiger partial charge in [-0.2, -0.15) is 0 Å². The van der Waals surface area contributed by atoms with Gasteiger partial charge in [0.2, 0.25) is 21.9 Å². The van der Waals surface area contributed by atoms with Crippen molar-refractivity contribution >= 4 is 26.9 Å². The molecule has 0 unspecified atom stereocenters. The quantitative estimate of drug-likeness (QED) is 0.658. The molecule has 3 heterocycles. The van der Waals surface area contributed by atoms with E-state index in [0.29, 0.717) is 42.8 Å². The lowest BCUT2D eigenvalue weighted by molar-refractivity contribution is 0.331. The highest BCUT2D eigenvalue weighted by Crippen LogP contribution is 2.26. The molecule has 0 aliphatic carbocycles. The molecule has 30 heavy (non-hydrogen) atoms. The first kappa shape index (κ1) is 20.4. The first-order valence-corrected chi connectivity index (χ1v) is 11.1. The molecule has 0 bridgehead atoms. The van der Waals surface area contributed by atoms with E-state index in [1.54, 1.807) is 12.3 Å². The number of ether oxygens (including phenoxy) is 1. The molecule has 0 radical (unpaired) electrons. The predicted molar refractivity (Wildman–Crippen MR) is 107 cm³/mol. The molecule has 11 heteroatoms. The number of pyridine rings is 1. The lowest BCUT2D eigenvalue weighted by Crippen LogP contribution is -2.42. The number of fused-ring (bicyclic) bond motifs is 1. The van der Waals surface area contributed by atoms with Crippen LogP contribution in [0.4, 0.5) is 14.7 Å². The van der Waals surface area contributed by atoms with Crippen LogP contribution in [-0.4, -0.2) is 53.1 Å². The monoisotopic (exact) mass is 435 g/mol. The molecule has 0 saturated carbocycles. The van der Waals surface area contributed by atoms with Crippen LogP contribution < -0.4 is 10.1 Å². The molecule has 1 fully saturated rings. The molecule has 1 aromatic carbocycles. The fourth-order valence-electron chi connectivity index (χ4n) is 3.22. The van der Waals surface area contributed by atoms with Crippen molar-refractivity contribution in [1.29, 1.82) is 0 Å². The zero-order valence-electron chi connectivity index (χ0n) is 16.0. The summed E-state index contributed by atoms with van der Waals surface area (Å²) in [6.45, 7) is 0.901. The summed E-state index contributed by atoms with van der Waals surface area (Å²) in [5, 5.41) is 3.86. The average molecular weight is 435 g/mol. The Morgan fingerprint density at radius 2 is 1.90 bits per heavy atom. The Balaban J connectivity index is 1.44. The maximum absolute atomic E-state index is 13.8. The first-order valence-electron chi connectivity index (χ1n) is 9.25. The van der Waals surface area contributed by atoms with E-state index in [-0.39, 0.29) is 17.7 Å². The summed E-state index contributed by atoms with van der Waals surface area (Å²) >= 11 is 0. The topological polar surface area (TPSA) is 97.3 Å². The Morgan fingerprint density at radius 1 is 1.13 bits per heavy atom. The second-order valence-electron chi connectivity index (χ2n) is 7.03. The molecule has 1 saturated heterocycles. The standard InChI is InChI=1S/C19H19F2N5O3S/c1-30(27,28)26-6-4-14(5-7-26)24-19-23-10-12-8-18(22-11-16(12)25-19)29-17-3-2-13(20)9-15(17)21/h2-3,8-11,14H,4-7H2,1H3,(H,23,24,25). The van der Waals surface area contributed by atoms with Crippen LogP contribution in [0, 0.1) is 11.6 Å². The van der Waals surface area contributed by atoms with Crippen LogP contribution in [0.5, 0.6) is 11.6 Å². The van der Waals surface area contributed by atoms with Crippen molar-refractivity contribution in [2.24, 2.45) is 0 Å². The Bertz CT molecular complexity index is 1180. The summed E-state index contributed by atoms with van der Waals surface area (Å²) in [6.07, 6.45) is 5.59. The second-order valence-corrected chi connectivity index (χ2v) is 9.01. The molecule has 0 atom stereocenters. The molecule has 1 aliphatic heterocycles. The minimum absolute atomic E-state index is 0.0671. The number of rotatable bonds is 5. The number of sulfonamides is 1. The van der Waals surface area contributed by atoms with E-state index >= 15 is 0 Å². The SMILES string of the molecule is CS(=O)(=O)N1CCC(Nc2ncc3cc(Oc4ccc(F)cc4F)ncc3n2)CC1. The Hall–Kier alpha value is -2.92. The molecule has 0 spiro atoms. The van der Waals surface area contributed by atoms with Gasteiger partial charge < -0.3 is 10.1 Å². The largest absolute Gasteiger partial charge is 0.436 e. The number of hydrogen-bond acceptors (Lipinski definition) is 7.